The first-order chi connectivity index (χ1) is 8.09. The van der Waals surface area contributed by atoms with Crippen molar-refractivity contribution in [2.45, 2.75) is 12.4 Å². The van der Waals surface area contributed by atoms with Crippen LogP contribution in [0.1, 0.15) is 11.4 Å². The van der Waals surface area contributed by atoms with Crippen molar-refractivity contribution in [1.29, 1.82) is 0 Å². The molecule has 98 valence electrons. The number of rotatable bonds is 0. The number of H-pyrrole nitrogens is 1. The molecule has 1 aromatic carbocycles. The summed E-state index contributed by atoms with van der Waals surface area (Å²) in [7, 11) is 0. The lowest BCUT2D eigenvalue weighted by Crippen LogP contribution is -2.08. The number of halogens is 7. The lowest BCUT2D eigenvalue weighted by atomic mass is 10.1. The van der Waals surface area contributed by atoms with E-state index in [0.29, 0.717) is 6.07 Å². The van der Waals surface area contributed by atoms with Crippen LogP contribution in [0.4, 0.5) is 30.7 Å². The Balaban J connectivity index is 2.76. The highest BCUT2D eigenvalue weighted by Gasteiger charge is 2.38. The summed E-state index contributed by atoms with van der Waals surface area (Å²) in [6.45, 7) is 0. The second-order valence-electron chi connectivity index (χ2n) is 3.43. The zero-order chi connectivity index (χ0) is 13.7. The SMILES string of the molecule is Fc1cc(C(F)(F)F)c2nc(C(F)(F)F)[nH]c2c1. The molecule has 0 radical (unpaired) electrons. The van der Waals surface area contributed by atoms with E-state index in [2.05, 4.69) is 4.98 Å². The molecule has 0 saturated carbocycles. The summed E-state index contributed by atoms with van der Waals surface area (Å²) >= 11 is 0. The fraction of sp³-hybridized carbons (Fsp3) is 0.222. The minimum atomic E-state index is -4.99. The molecule has 0 amide bonds. The second kappa shape index (κ2) is 3.59. The van der Waals surface area contributed by atoms with Crippen LogP contribution in [0.5, 0.6) is 0 Å². The summed E-state index contributed by atoms with van der Waals surface area (Å²) in [6, 6.07) is 0.621. The van der Waals surface area contributed by atoms with Crippen molar-refractivity contribution in [2.75, 3.05) is 0 Å². The predicted octanol–water partition coefficient (Wildman–Crippen LogP) is 3.74. The second-order valence-corrected chi connectivity index (χ2v) is 3.43. The normalized spacial score (nSPS) is 13.3. The molecule has 0 fully saturated rings. The van der Waals surface area contributed by atoms with Crippen molar-refractivity contribution in [1.82, 2.24) is 9.97 Å². The number of aromatic nitrogens is 2. The van der Waals surface area contributed by atoms with Crippen LogP contribution in [0.2, 0.25) is 0 Å². The Kier molecular flexibility index (Phi) is 2.53. The van der Waals surface area contributed by atoms with E-state index in [-0.39, 0.29) is 6.07 Å². The van der Waals surface area contributed by atoms with E-state index in [9.17, 15) is 30.7 Å². The summed E-state index contributed by atoms with van der Waals surface area (Å²) < 4.78 is 87.3. The van der Waals surface area contributed by atoms with E-state index in [1.807, 2.05) is 0 Å². The first kappa shape index (κ1) is 12.7. The number of aromatic amines is 1. The molecule has 0 saturated heterocycles. The minimum Gasteiger partial charge on any atom is -0.334 e. The molecular formula is C9H3F7N2. The molecule has 2 nitrogen and oxygen atoms in total. The molecule has 2 rings (SSSR count). The zero-order valence-electron chi connectivity index (χ0n) is 8.25. The van der Waals surface area contributed by atoms with Crippen LogP contribution >= 0.6 is 0 Å². The van der Waals surface area contributed by atoms with Gasteiger partial charge in [0.15, 0.2) is 0 Å². The maximum atomic E-state index is 12.9. The van der Waals surface area contributed by atoms with Gasteiger partial charge in [0.25, 0.3) is 0 Å². The van der Waals surface area contributed by atoms with Gasteiger partial charge in [-0.1, -0.05) is 0 Å². The van der Waals surface area contributed by atoms with Crippen molar-refractivity contribution in [3.8, 4) is 0 Å². The molecule has 1 heterocycles. The van der Waals surface area contributed by atoms with Crippen molar-refractivity contribution in [3.05, 3.63) is 29.3 Å². The van der Waals surface area contributed by atoms with Crippen LogP contribution in [0.15, 0.2) is 12.1 Å². The fourth-order valence-corrected chi connectivity index (χ4v) is 1.43. The number of imidazole rings is 1. The average Bonchev–Trinajstić information content (AvgIpc) is 2.57. The Labute approximate surface area is 94.4 Å². The highest BCUT2D eigenvalue weighted by atomic mass is 19.4. The molecule has 0 spiro atoms. The van der Waals surface area contributed by atoms with E-state index < -0.39 is 40.6 Å². The Morgan fingerprint density at radius 2 is 1.56 bits per heavy atom. The molecule has 0 bridgehead atoms. The quantitative estimate of drug-likeness (QED) is 0.727. The van der Waals surface area contributed by atoms with E-state index in [1.165, 1.54) is 0 Å². The molecule has 0 aliphatic rings. The molecule has 0 aliphatic heterocycles. The molecule has 1 N–H and O–H groups in total. The van der Waals surface area contributed by atoms with Crippen molar-refractivity contribution in [3.63, 3.8) is 0 Å². The van der Waals surface area contributed by atoms with Crippen LogP contribution in [0, 0.1) is 5.82 Å². The fourth-order valence-electron chi connectivity index (χ4n) is 1.43. The van der Waals surface area contributed by atoms with E-state index in [0.717, 1.165) is 0 Å². The molecule has 0 atom stereocenters. The summed E-state index contributed by atoms with van der Waals surface area (Å²) in [4.78, 5) is 4.44. The molecule has 18 heavy (non-hydrogen) atoms. The molecule has 0 aliphatic carbocycles. The summed E-state index contributed by atoms with van der Waals surface area (Å²) in [5.74, 6) is -2.90. The van der Waals surface area contributed by atoms with Gasteiger partial charge in [-0.25, -0.2) is 9.37 Å². The van der Waals surface area contributed by atoms with Gasteiger partial charge in [-0.2, -0.15) is 26.3 Å². The van der Waals surface area contributed by atoms with Gasteiger partial charge >= 0.3 is 12.4 Å². The predicted molar refractivity (Wildman–Crippen MR) is 46.1 cm³/mol. The molecule has 0 unspecified atom stereocenters. The summed E-state index contributed by atoms with van der Waals surface area (Å²) in [5.41, 5.74) is -3.17. The van der Waals surface area contributed by atoms with Crippen molar-refractivity contribution < 1.29 is 30.7 Å². The number of benzene rings is 1. The Hall–Kier alpha value is -1.80. The number of hydrogen-bond donors (Lipinski definition) is 1. The third-order valence-corrected chi connectivity index (χ3v) is 2.13. The van der Waals surface area contributed by atoms with Gasteiger partial charge < -0.3 is 4.98 Å². The maximum Gasteiger partial charge on any atom is 0.449 e. The molecule has 9 heteroatoms. The first-order valence-electron chi connectivity index (χ1n) is 4.42. The van der Waals surface area contributed by atoms with Gasteiger partial charge in [-0.15, -0.1) is 0 Å². The summed E-state index contributed by atoms with van der Waals surface area (Å²) in [6.07, 6.45) is -9.92. The smallest absolute Gasteiger partial charge is 0.334 e. The standard InChI is InChI=1S/C9H3F7N2/c10-3-1-4(8(11,12)13)6-5(2-3)17-7(18-6)9(14,15)16/h1-2H,(H,17,18). The van der Waals surface area contributed by atoms with E-state index in [1.54, 1.807) is 4.98 Å². The van der Waals surface area contributed by atoms with Crippen LogP contribution in [-0.2, 0) is 12.4 Å². The molecule has 1 aromatic heterocycles. The van der Waals surface area contributed by atoms with Crippen molar-refractivity contribution in [2.24, 2.45) is 0 Å². The van der Waals surface area contributed by atoms with Crippen molar-refractivity contribution >= 4 is 11.0 Å². The average molecular weight is 272 g/mol. The minimum absolute atomic E-state index is 0.101. The van der Waals surface area contributed by atoms with Crippen LogP contribution in [-0.4, -0.2) is 9.97 Å². The Morgan fingerprint density at radius 1 is 0.944 bits per heavy atom. The number of fused-ring (bicyclic) bond motifs is 1. The van der Waals surface area contributed by atoms with Gasteiger partial charge in [0.05, 0.1) is 11.1 Å². The number of nitrogens with one attached hydrogen (secondary N) is 1. The third kappa shape index (κ3) is 2.12. The lowest BCUT2D eigenvalue weighted by Gasteiger charge is -2.06. The number of alkyl halides is 6. The topological polar surface area (TPSA) is 28.7 Å². The third-order valence-electron chi connectivity index (χ3n) is 2.13. The lowest BCUT2D eigenvalue weighted by molar-refractivity contribution is -0.144. The largest absolute Gasteiger partial charge is 0.449 e. The summed E-state index contributed by atoms with van der Waals surface area (Å²) in [5, 5.41) is 0. The van der Waals surface area contributed by atoms with Gasteiger partial charge in [-0.05, 0) is 12.1 Å². The van der Waals surface area contributed by atoms with E-state index >= 15 is 0 Å². The van der Waals surface area contributed by atoms with Crippen LogP contribution in [0.3, 0.4) is 0 Å². The van der Waals surface area contributed by atoms with Gasteiger partial charge in [0.1, 0.15) is 11.3 Å². The van der Waals surface area contributed by atoms with Gasteiger partial charge in [-0.3, -0.25) is 0 Å². The maximum absolute atomic E-state index is 12.9. The number of nitrogens with zero attached hydrogens (tertiary/aromatic N) is 1. The Morgan fingerprint density at radius 3 is 2.06 bits per heavy atom. The van der Waals surface area contributed by atoms with Crippen LogP contribution < -0.4 is 0 Å². The monoisotopic (exact) mass is 272 g/mol. The van der Waals surface area contributed by atoms with Gasteiger partial charge in [0, 0.05) is 0 Å². The first-order valence-corrected chi connectivity index (χ1v) is 4.42. The van der Waals surface area contributed by atoms with E-state index in [4.69, 9.17) is 0 Å². The molecule has 2 aromatic rings. The highest BCUT2D eigenvalue weighted by Crippen LogP contribution is 2.36. The van der Waals surface area contributed by atoms with Crippen LogP contribution in [0.25, 0.3) is 11.0 Å². The Bertz CT molecular complexity index is 593. The zero-order valence-corrected chi connectivity index (χ0v) is 8.25. The van der Waals surface area contributed by atoms with Gasteiger partial charge in [0.2, 0.25) is 5.82 Å². The number of hydrogen-bond acceptors (Lipinski definition) is 1. The highest BCUT2D eigenvalue weighted by molar-refractivity contribution is 5.79. The molecular weight excluding hydrogens is 269 g/mol.